The van der Waals surface area contributed by atoms with Gasteiger partial charge in [0.1, 0.15) is 7.85 Å². The first-order valence-corrected chi connectivity index (χ1v) is 7.22. The molecule has 2 heteroatoms. The second-order valence-corrected chi connectivity index (χ2v) is 5.19. The van der Waals surface area contributed by atoms with Crippen LogP contribution in [0.25, 0.3) is 28.7 Å². The molecule has 0 atom stereocenters. The average molecular weight is 271 g/mol. The van der Waals surface area contributed by atoms with Crippen LogP contribution in [0.3, 0.4) is 0 Å². The minimum atomic E-state index is 1.14. The van der Waals surface area contributed by atoms with E-state index in [1.54, 1.807) is 0 Å². The Morgan fingerprint density at radius 3 is 2.52 bits per heavy atom. The van der Waals surface area contributed by atoms with E-state index in [4.69, 9.17) is 0 Å². The van der Waals surface area contributed by atoms with Crippen molar-refractivity contribution in [3.05, 3.63) is 72.4 Å². The normalized spacial score (nSPS) is 11.3. The fraction of sp³-hybridized carbons (Fsp3) is 0.0526. The third-order valence-corrected chi connectivity index (χ3v) is 3.74. The lowest BCUT2D eigenvalue weighted by molar-refractivity contribution is 1.11. The Morgan fingerprint density at radius 1 is 1.10 bits per heavy atom. The van der Waals surface area contributed by atoms with Crippen molar-refractivity contribution in [2.24, 2.45) is 0 Å². The first-order chi connectivity index (χ1) is 10.3. The monoisotopic (exact) mass is 271 g/mol. The van der Waals surface area contributed by atoms with Gasteiger partial charge in [0.25, 0.3) is 0 Å². The predicted octanol–water partition coefficient (Wildman–Crippen LogP) is 3.57. The van der Waals surface area contributed by atoms with Gasteiger partial charge in [-0.05, 0) is 31.2 Å². The molecule has 0 fully saturated rings. The molecular weight excluding hydrogens is 253 g/mol. The van der Waals surface area contributed by atoms with Crippen LogP contribution in [0.1, 0.15) is 18.2 Å². The Morgan fingerprint density at radius 2 is 1.86 bits per heavy atom. The van der Waals surface area contributed by atoms with Crippen LogP contribution in [0, 0.1) is 0 Å². The van der Waals surface area contributed by atoms with Crippen molar-refractivity contribution < 1.29 is 0 Å². The van der Waals surface area contributed by atoms with Crippen LogP contribution < -0.4 is 5.46 Å². The number of aromatic nitrogens is 1. The van der Waals surface area contributed by atoms with Crippen molar-refractivity contribution >= 4 is 36.4 Å². The summed E-state index contributed by atoms with van der Waals surface area (Å²) in [7, 11) is 2.13. The molecule has 0 radical (unpaired) electrons. The van der Waals surface area contributed by atoms with Crippen molar-refractivity contribution in [3.63, 3.8) is 0 Å². The van der Waals surface area contributed by atoms with Crippen LogP contribution in [-0.2, 0) is 0 Å². The Labute approximate surface area is 126 Å². The SMILES string of the molecule is Bc1ccc2c(c1)c(/C=C\C)c(C=C)n2-c1ccccc1. The van der Waals surface area contributed by atoms with E-state index in [9.17, 15) is 0 Å². The molecule has 0 spiro atoms. The van der Waals surface area contributed by atoms with Gasteiger partial charge < -0.3 is 4.57 Å². The van der Waals surface area contributed by atoms with E-state index in [1.807, 2.05) is 19.1 Å². The van der Waals surface area contributed by atoms with Gasteiger partial charge in [-0.15, -0.1) is 0 Å². The zero-order valence-corrected chi connectivity index (χ0v) is 12.5. The fourth-order valence-electron chi connectivity index (χ4n) is 2.85. The molecule has 21 heavy (non-hydrogen) atoms. The third kappa shape index (κ3) is 2.23. The van der Waals surface area contributed by atoms with Gasteiger partial charge in [-0.25, -0.2) is 0 Å². The average Bonchev–Trinajstić information content (AvgIpc) is 2.82. The standard InChI is InChI=1S/C19H18BN/c1-3-8-16-17-13-14(20)11-12-19(17)21(18(16)4-2)15-9-6-5-7-10-15/h3-13H,2,20H2,1H3/b8-3-. The molecule has 2 aromatic carbocycles. The summed E-state index contributed by atoms with van der Waals surface area (Å²) in [5.74, 6) is 0. The molecule has 3 rings (SSSR count). The second-order valence-electron chi connectivity index (χ2n) is 5.19. The molecule has 0 amide bonds. The number of nitrogens with zero attached hydrogens (tertiary/aromatic N) is 1. The molecule has 0 N–H and O–H groups in total. The fourth-order valence-corrected chi connectivity index (χ4v) is 2.85. The highest BCUT2D eigenvalue weighted by molar-refractivity contribution is 6.33. The molecule has 0 saturated carbocycles. The van der Waals surface area contributed by atoms with Gasteiger partial charge in [0.15, 0.2) is 0 Å². The van der Waals surface area contributed by atoms with Crippen molar-refractivity contribution in [2.75, 3.05) is 0 Å². The summed E-state index contributed by atoms with van der Waals surface area (Å²) in [5.41, 5.74) is 6.02. The van der Waals surface area contributed by atoms with E-state index in [1.165, 1.54) is 21.9 Å². The maximum atomic E-state index is 4.02. The number of rotatable bonds is 3. The van der Waals surface area contributed by atoms with E-state index >= 15 is 0 Å². The largest absolute Gasteiger partial charge is 0.309 e. The highest BCUT2D eigenvalue weighted by Crippen LogP contribution is 2.30. The smallest absolute Gasteiger partial charge is 0.139 e. The molecular formula is C19H18BN. The predicted molar refractivity (Wildman–Crippen MR) is 96.3 cm³/mol. The van der Waals surface area contributed by atoms with Gasteiger partial charge in [-0.3, -0.25) is 0 Å². The van der Waals surface area contributed by atoms with E-state index in [0.717, 1.165) is 11.4 Å². The molecule has 1 aromatic heterocycles. The summed E-state index contributed by atoms with van der Waals surface area (Å²) in [6.07, 6.45) is 6.19. The molecule has 0 aliphatic rings. The zero-order valence-electron chi connectivity index (χ0n) is 12.5. The molecule has 0 bridgehead atoms. The molecule has 0 saturated heterocycles. The van der Waals surface area contributed by atoms with Crippen molar-refractivity contribution in [1.29, 1.82) is 0 Å². The van der Waals surface area contributed by atoms with Crippen LogP contribution in [0.15, 0.2) is 61.2 Å². The summed E-state index contributed by atoms with van der Waals surface area (Å²) in [6, 6.07) is 17.0. The number of para-hydroxylation sites is 1. The van der Waals surface area contributed by atoms with Crippen LogP contribution >= 0.6 is 0 Å². The van der Waals surface area contributed by atoms with Gasteiger partial charge in [-0.2, -0.15) is 0 Å². The lowest BCUT2D eigenvalue weighted by atomic mass is 9.94. The molecule has 0 unspecified atom stereocenters. The Kier molecular flexibility index (Phi) is 3.53. The van der Waals surface area contributed by atoms with Gasteiger partial charge in [0.2, 0.25) is 0 Å². The van der Waals surface area contributed by atoms with E-state index in [2.05, 4.69) is 73.6 Å². The maximum Gasteiger partial charge on any atom is 0.139 e. The van der Waals surface area contributed by atoms with E-state index in [0.29, 0.717) is 0 Å². The van der Waals surface area contributed by atoms with Crippen LogP contribution in [0.5, 0.6) is 0 Å². The maximum absolute atomic E-state index is 4.02. The molecule has 1 nitrogen and oxygen atoms in total. The van der Waals surface area contributed by atoms with Gasteiger partial charge in [0.05, 0.1) is 11.2 Å². The highest BCUT2D eigenvalue weighted by atomic mass is 15.0. The lowest BCUT2D eigenvalue weighted by Gasteiger charge is -2.08. The molecule has 0 aliphatic carbocycles. The first-order valence-electron chi connectivity index (χ1n) is 7.22. The second kappa shape index (κ2) is 5.49. The Hall–Kier alpha value is -2.48. The van der Waals surface area contributed by atoms with Crippen LogP contribution in [0.2, 0.25) is 0 Å². The summed E-state index contributed by atoms with van der Waals surface area (Å²) in [5, 5.41) is 1.27. The van der Waals surface area contributed by atoms with Crippen molar-refractivity contribution in [3.8, 4) is 5.69 Å². The van der Waals surface area contributed by atoms with Gasteiger partial charge in [-0.1, -0.05) is 54.5 Å². The van der Waals surface area contributed by atoms with E-state index < -0.39 is 0 Å². The summed E-state index contributed by atoms with van der Waals surface area (Å²) < 4.78 is 2.27. The third-order valence-electron chi connectivity index (χ3n) is 3.74. The number of hydrogen-bond donors (Lipinski definition) is 0. The Bertz CT molecular complexity index is 826. The Balaban J connectivity index is 2.46. The van der Waals surface area contributed by atoms with Crippen molar-refractivity contribution in [2.45, 2.75) is 6.92 Å². The van der Waals surface area contributed by atoms with Crippen molar-refractivity contribution in [1.82, 2.24) is 4.57 Å². The lowest BCUT2D eigenvalue weighted by Crippen LogP contribution is -2.00. The quantitative estimate of drug-likeness (QED) is 0.642. The minimum Gasteiger partial charge on any atom is -0.309 e. The summed E-state index contributed by atoms with van der Waals surface area (Å²) in [4.78, 5) is 0. The number of allylic oxidation sites excluding steroid dienone is 1. The number of fused-ring (bicyclic) bond motifs is 1. The van der Waals surface area contributed by atoms with Crippen LogP contribution in [0.4, 0.5) is 0 Å². The minimum absolute atomic E-state index is 1.14. The van der Waals surface area contributed by atoms with E-state index in [-0.39, 0.29) is 0 Å². The first kappa shape index (κ1) is 13.5. The molecule has 0 aliphatic heterocycles. The number of hydrogen-bond acceptors (Lipinski definition) is 0. The highest BCUT2D eigenvalue weighted by Gasteiger charge is 2.14. The van der Waals surface area contributed by atoms with Gasteiger partial charge >= 0.3 is 0 Å². The topological polar surface area (TPSA) is 4.93 Å². The molecule has 102 valence electrons. The summed E-state index contributed by atoms with van der Waals surface area (Å²) >= 11 is 0. The molecule has 3 aromatic rings. The van der Waals surface area contributed by atoms with Gasteiger partial charge in [0, 0.05) is 16.6 Å². The number of benzene rings is 2. The van der Waals surface area contributed by atoms with Crippen LogP contribution in [-0.4, -0.2) is 12.4 Å². The summed E-state index contributed by atoms with van der Waals surface area (Å²) in [6.45, 7) is 6.07. The molecule has 1 heterocycles. The zero-order chi connectivity index (χ0) is 14.8.